The molecular formula is C14H25N5O7. The van der Waals surface area contributed by atoms with Gasteiger partial charge in [0, 0.05) is 0 Å². The quantitative estimate of drug-likeness (QED) is 0.160. The molecule has 9 N–H and O–H groups in total. The molecule has 0 aromatic heterocycles. The minimum Gasteiger partial charge on any atom is -0.481 e. The maximum absolute atomic E-state index is 12.2. The lowest BCUT2D eigenvalue weighted by molar-refractivity contribution is -0.147. The van der Waals surface area contributed by atoms with Gasteiger partial charge in [0.25, 0.3) is 0 Å². The summed E-state index contributed by atoms with van der Waals surface area (Å²) in [6.45, 7) is -0.344. The minimum absolute atomic E-state index is 0.166. The average Bonchev–Trinajstić information content (AvgIpc) is 2.57. The first kappa shape index (κ1) is 23.3. The number of amides is 3. The number of carboxylic acids is 2. The maximum Gasteiger partial charge on any atom is 0.326 e. The number of nitrogens with one attached hydrogen (secondary N) is 3. The molecule has 0 radical (unpaired) electrons. The van der Waals surface area contributed by atoms with E-state index >= 15 is 0 Å². The third kappa shape index (κ3) is 10.2. The Labute approximate surface area is 149 Å². The molecule has 0 spiro atoms. The van der Waals surface area contributed by atoms with Crippen LogP contribution in [0.3, 0.4) is 0 Å². The molecule has 0 aliphatic heterocycles. The van der Waals surface area contributed by atoms with Crippen LogP contribution in [-0.2, 0) is 24.0 Å². The Bertz CT molecular complexity index is 526. The van der Waals surface area contributed by atoms with Crippen LogP contribution in [-0.4, -0.2) is 71.6 Å². The van der Waals surface area contributed by atoms with Crippen molar-refractivity contribution in [1.82, 2.24) is 16.0 Å². The summed E-state index contributed by atoms with van der Waals surface area (Å²) in [4.78, 5) is 56.8. The fourth-order valence-corrected chi connectivity index (χ4v) is 1.91. The molecule has 0 saturated carbocycles. The lowest BCUT2D eigenvalue weighted by Crippen LogP contribution is -2.53. The third-order valence-corrected chi connectivity index (χ3v) is 3.22. The predicted octanol–water partition coefficient (Wildman–Crippen LogP) is -3.28. The smallest absolute Gasteiger partial charge is 0.326 e. The number of carbonyl (C=O) groups is 5. The van der Waals surface area contributed by atoms with Crippen molar-refractivity contribution in [2.24, 2.45) is 11.5 Å². The van der Waals surface area contributed by atoms with Crippen LogP contribution in [0.2, 0.25) is 0 Å². The lowest BCUT2D eigenvalue weighted by Gasteiger charge is -2.21. The minimum atomic E-state index is -1.63. The molecule has 12 heteroatoms. The Morgan fingerprint density at radius 2 is 1.54 bits per heavy atom. The SMILES string of the molecule is NCCCCC(NC(=O)CNC(=O)CN)C(=O)NC(CC(=O)O)C(=O)O. The molecule has 2 atom stereocenters. The van der Waals surface area contributed by atoms with Gasteiger partial charge in [0.1, 0.15) is 12.1 Å². The summed E-state index contributed by atoms with van der Waals surface area (Å²) in [5.74, 6) is -4.98. The first-order valence-corrected chi connectivity index (χ1v) is 7.92. The fourth-order valence-electron chi connectivity index (χ4n) is 1.91. The van der Waals surface area contributed by atoms with Crippen molar-refractivity contribution in [3.8, 4) is 0 Å². The second kappa shape index (κ2) is 12.6. The molecule has 0 aliphatic carbocycles. The van der Waals surface area contributed by atoms with Gasteiger partial charge in [-0.25, -0.2) is 4.79 Å². The molecule has 148 valence electrons. The van der Waals surface area contributed by atoms with Gasteiger partial charge in [-0.15, -0.1) is 0 Å². The van der Waals surface area contributed by atoms with Crippen molar-refractivity contribution >= 4 is 29.7 Å². The highest BCUT2D eigenvalue weighted by atomic mass is 16.4. The van der Waals surface area contributed by atoms with Crippen LogP contribution in [0.4, 0.5) is 0 Å². The van der Waals surface area contributed by atoms with E-state index in [1.807, 2.05) is 0 Å². The van der Waals surface area contributed by atoms with Crippen LogP contribution in [0.5, 0.6) is 0 Å². The van der Waals surface area contributed by atoms with Gasteiger partial charge < -0.3 is 37.6 Å². The second-order valence-electron chi connectivity index (χ2n) is 5.38. The van der Waals surface area contributed by atoms with Gasteiger partial charge in [0.2, 0.25) is 17.7 Å². The molecule has 26 heavy (non-hydrogen) atoms. The molecule has 3 amide bonds. The molecule has 0 aromatic rings. The summed E-state index contributed by atoms with van der Waals surface area (Å²) in [6.07, 6.45) is 0.401. The molecule has 2 unspecified atom stereocenters. The van der Waals surface area contributed by atoms with E-state index in [9.17, 15) is 24.0 Å². The molecule has 0 saturated heterocycles. The summed E-state index contributed by atoms with van der Waals surface area (Å²) in [6, 6.07) is -2.73. The van der Waals surface area contributed by atoms with Gasteiger partial charge in [0.15, 0.2) is 0 Å². The Morgan fingerprint density at radius 3 is 2.04 bits per heavy atom. The fraction of sp³-hybridized carbons (Fsp3) is 0.643. The number of nitrogens with two attached hydrogens (primary N) is 2. The van der Waals surface area contributed by atoms with Crippen molar-refractivity contribution in [2.45, 2.75) is 37.8 Å². The first-order valence-electron chi connectivity index (χ1n) is 7.92. The lowest BCUT2D eigenvalue weighted by atomic mass is 10.1. The highest BCUT2D eigenvalue weighted by Gasteiger charge is 2.27. The Balaban J connectivity index is 4.88. The van der Waals surface area contributed by atoms with Crippen molar-refractivity contribution in [1.29, 1.82) is 0 Å². The molecule has 0 bridgehead atoms. The Morgan fingerprint density at radius 1 is 0.885 bits per heavy atom. The van der Waals surface area contributed by atoms with Gasteiger partial charge in [-0.2, -0.15) is 0 Å². The highest BCUT2D eigenvalue weighted by molar-refractivity contribution is 5.92. The van der Waals surface area contributed by atoms with Crippen LogP contribution in [0.25, 0.3) is 0 Å². The number of hydrogen-bond donors (Lipinski definition) is 7. The zero-order chi connectivity index (χ0) is 20.1. The molecule has 0 heterocycles. The number of unbranched alkanes of at least 4 members (excludes halogenated alkanes) is 1. The van der Waals surface area contributed by atoms with Gasteiger partial charge in [-0.05, 0) is 25.8 Å². The largest absolute Gasteiger partial charge is 0.481 e. The van der Waals surface area contributed by atoms with Gasteiger partial charge in [0.05, 0.1) is 19.5 Å². The monoisotopic (exact) mass is 375 g/mol. The van der Waals surface area contributed by atoms with Crippen molar-refractivity contribution < 1.29 is 34.2 Å². The molecule has 0 aromatic carbocycles. The van der Waals surface area contributed by atoms with Gasteiger partial charge in [-0.1, -0.05) is 0 Å². The van der Waals surface area contributed by atoms with E-state index in [0.717, 1.165) is 0 Å². The highest BCUT2D eigenvalue weighted by Crippen LogP contribution is 2.03. The van der Waals surface area contributed by atoms with E-state index in [4.69, 9.17) is 21.7 Å². The number of hydrogen-bond acceptors (Lipinski definition) is 7. The summed E-state index contributed by atoms with van der Waals surface area (Å²) in [5, 5.41) is 24.4. The summed E-state index contributed by atoms with van der Waals surface area (Å²) in [5.41, 5.74) is 10.5. The number of aliphatic carboxylic acids is 2. The standard InChI is InChI=1S/C14H25N5O7/c15-4-2-1-3-8(18-11(21)7-17-10(20)6-16)13(24)19-9(14(25)26)5-12(22)23/h8-9H,1-7,15-16H2,(H,17,20)(H,18,21)(H,19,24)(H,22,23)(H,25,26). The van der Waals surface area contributed by atoms with Crippen LogP contribution < -0.4 is 27.4 Å². The maximum atomic E-state index is 12.2. The third-order valence-electron chi connectivity index (χ3n) is 3.22. The average molecular weight is 375 g/mol. The second-order valence-corrected chi connectivity index (χ2v) is 5.38. The summed E-state index contributed by atoms with van der Waals surface area (Å²) in [7, 11) is 0. The first-order chi connectivity index (χ1) is 12.2. The van der Waals surface area contributed by atoms with E-state index in [1.54, 1.807) is 0 Å². The van der Waals surface area contributed by atoms with Crippen molar-refractivity contribution in [3.05, 3.63) is 0 Å². The topological polar surface area (TPSA) is 214 Å². The van der Waals surface area contributed by atoms with Crippen molar-refractivity contribution in [2.75, 3.05) is 19.6 Å². The van der Waals surface area contributed by atoms with E-state index in [2.05, 4.69) is 16.0 Å². The van der Waals surface area contributed by atoms with Crippen LogP contribution in [0.15, 0.2) is 0 Å². The van der Waals surface area contributed by atoms with E-state index in [-0.39, 0.29) is 13.0 Å². The molecular weight excluding hydrogens is 350 g/mol. The molecule has 0 rings (SSSR count). The summed E-state index contributed by atoms with van der Waals surface area (Å²) < 4.78 is 0. The predicted molar refractivity (Wildman–Crippen MR) is 88.7 cm³/mol. The van der Waals surface area contributed by atoms with Crippen LogP contribution in [0.1, 0.15) is 25.7 Å². The molecule has 0 fully saturated rings. The number of carbonyl (C=O) groups excluding carboxylic acids is 3. The van der Waals surface area contributed by atoms with Gasteiger partial charge >= 0.3 is 11.9 Å². The zero-order valence-corrected chi connectivity index (χ0v) is 14.2. The van der Waals surface area contributed by atoms with Crippen molar-refractivity contribution in [3.63, 3.8) is 0 Å². The Kier molecular flexibility index (Phi) is 11.3. The molecule has 0 aliphatic rings. The zero-order valence-electron chi connectivity index (χ0n) is 14.2. The van der Waals surface area contributed by atoms with E-state index in [0.29, 0.717) is 19.4 Å². The number of carboxylic acid groups (broad SMARTS) is 2. The Hall–Kier alpha value is -2.73. The van der Waals surface area contributed by atoms with E-state index in [1.165, 1.54) is 0 Å². The molecule has 12 nitrogen and oxygen atoms in total. The normalized spacial score (nSPS) is 12.5. The van der Waals surface area contributed by atoms with E-state index < -0.39 is 54.7 Å². The number of rotatable bonds is 13. The van der Waals surface area contributed by atoms with Gasteiger partial charge in [-0.3, -0.25) is 19.2 Å². The van der Waals surface area contributed by atoms with Crippen LogP contribution in [0, 0.1) is 0 Å². The summed E-state index contributed by atoms with van der Waals surface area (Å²) >= 11 is 0. The van der Waals surface area contributed by atoms with Crippen LogP contribution >= 0.6 is 0 Å².